The first kappa shape index (κ1) is 11.8. The molecule has 0 bridgehead atoms. The van der Waals surface area contributed by atoms with E-state index in [1.54, 1.807) is 4.68 Å². The van der Waals surface area contributed by atoms with Crippen LogP contribution in [0.25, 0.3) is 0 Å². The van der Waals surface area contributed by atoms with Crippen LogP contribution >= 0.6 is 11.3 Å². The molecule has 0 aromatic carbocycles. The second kappa shape index (κ2) is 5.09. The number of thiophene rings is 1. The number of hydrogen-bond acceptors (Lipinski definition) is 3. The van der Waals surface area contributed by atoms with Gasteiger partial charge in [0.15, 0.2) is 5.13 Å². The molecule has 2 heterocycles. The van der Waals surface area contributed by atoms with Gasteiger partial charge >= 0.3 is 0 Å². The van der Waals surface area contributed by atoms with E-state index in [-0.39, 0.29) is 11.0 Å². The highest BCUT2D eigenvalue weighted by atomic mass is 32.1. The van der Waals surface area contributed by atoms with Gasteiger partial charge < -0.3 is 5.32 Å². The molecule has 0 saturated heterocycles. The molecule has 0 atom stereocenters. The van der Waals surface area contributed by atoms with Gasteiger partial charge in [0, 0.05) is 26.2 Å². The first-order valence-electron chi connectivity index (χ1n) is 5.17. The number of aryl methyl sites for hydroxylation is 1. The quantitative estimate of drug-likeness (QED) is 0.899. The van der Waals surface area contributed by atoms with Crippen LogP contribution in [0.4, 0.5) is 4.39 Å². The largest absolute Gasteiger partial charge is 0.351 e. The van der Waals surface area contributed by atoms with Gasteiger partial charge in [-0.05, 0) is 18.2 Å². The lowest BCUT2D eigenvalue weighted by Crippen LogP contribution is -2.24. The third kappa shape index (κ3) is 3.13. The maximum absolute atomic E-state index is 12.7. The number of aromatic nitrogens is 2. The summed E-state index contributed by atoms with van der Waals surface area (Å²) in [4.78, 5) is 12.0. The second-order valence-corrected chi connectivity index (χ2v) is 4.62. The summed E-state index contributed by atoms with van der Waals surface area (Å²) in [6.45, 7) is 0.495. The van der Waals surface area contributed by atoms with Crippen molar-refractivity contribution in [1.29, 1.82) is 0 Å². The maximum atomic E-state index is 12.7. The number of hydrogen-bond donors (Lipinski definition) is 1. The molecule has 6 heteroatoms. The molecule has 0 aliphatic rings. The minimum Gasteiger partial charge on any atom is -0.351 e. The Bertz CT molecular complexity index is 520. The molecule has 0 aliphatic heterocycles. The van der Waals surface area contributed by atoms with Crippen LogP contribution in [0.1, 0.15) is 15.4 Å². The van der Waals surface area contributed by atoms with E-state index in [4.69, 9.17) is 0 Å². The Morgan fingerprint density at radius 1 is 1.53 bits per heavy atom. The van der Waals surface area contributed by atoms with Crippen molar-refractivity contribution < 1.29 is 9.18 Å². The molecule has 4 nitrogen and oxygen atoms in total. The fraction of sp³-hybridized carbons (Fsp3) is 0.273. The van der Waals surface area contributed by atoms with Crippen molar-refractivity contribution in [2.75, 3.05) is 6.54 Å². The Morgan fingerprint density at radius 3 is 2.94 bits per heavy atom. The number of halogens is 1. The molecule has 0 unspecified atom stereocenters. The summed E-state index contributed by atoms with van der Waals surface area (Å²) in [5.74, 6) is -0.241. The van der Waals surface area contributed by atoms with Crippen molar-refractivity contribution in [2.45, 2.75) is 6.42 Å². The van der Waals surface area contributed by atoms with E-state index in [9.17, 15) is 9.18 Å². The number of rotatable bonds is 4. The van der Waals surface area contributed by atoms with Crippen LogP contribution in [0.15, 0.2) is 24.4 Å². The molecule has 0 spiro atoms. The van der Waals surface area contributed by atoms with Gasteiger partial charge in [-0.2, -0.15) is 9.49 Å². The lowest BCUT2D eigenvalue weighted by atomic mass is 10.3. The number of nitrogens with one attached hydrogen (secondary N) is 1. The van der Waals surface area contributed by atoms with Gasteiger partial charge in [0.2, 0.25) is 0 Å². The average molecular weight is 253 g/mol. The molecule has 90 valence electrons. The van der Waals surface area contributed by atoms with Gasteiger partial charge in [0.1, 0.15) is 0 Å². The number of carbonyl (C=O) groups excluding carboxylic acids is 1. The van der Waals surface area contributed by atoms with E-state index >= 15 is 0 Å². The van der Waals surface area contributed by atoms with E-state index in [1.165, 1.54) is 12.1 Å². The molecule has 2 rings (SSSR count). The normalized spacial score (nSPS) is 10.5. The van der Waals surface area contributed by atoms with Crippen LogP contribution in [-0.4, -0.2) is 22.2 Å². The number of carbonyl (C=O) groups is 1. The van der Waals surface area contributed by atoms with Crippen molar-refractivity contribution in [3.8, 4) is 0 Å². The van der Waals surface area contributed by atoms with Crippen LogP contribution in [-0.2, 0) is 13.5 Å². The molecule has 1 amide bonds. The minimum atomic E-state index is -0.347. The summed E-state index contributed by atoms with van der Waals surface area (Å²) in [6, 6.07) is 4.67. The van der Waals surface area contributed by atoms with Crippen molar-refractivity contribution >= 4 is 17.2 Å². The molecular weight excluding hydrogens is 241 g/mol. The highest BCUT2D eigenvalue weighted by Crippen LogP contribution is 2.13. The van der Waals surface area contributed by atoms with Crippen LogP contribution in [0.2, 0.25) is 0 Å². The predicted molar refractivity (Wildman–Crippen MR) is 63.5 cm³/mol. The SMILES string of the molecule is Cn1ccc(CCNC(=O)c2ccc(F)s2)n1. The number of amides is 1. The van der Waals surface area contributed by atoms with E-state index in [0.29, 0.717) is 17.8 Å². The van der Waals surface area contributed by atoms with Crippen molar-refractivity contribution in [2.24, 2.45) is 7.05 Å². The Kier molecular flexibility index (Phi) is 3.53. The zero-order valence-electron chi connectivity index (χ0n) is 9.31. The van der Waals surface area contributed by atoms with Gasteiger partial charge in [0.25, 0.3) is 5.91 Å². The van der Waals surface area contributed by atoms with Gasteiger partial charge in [0.05, 0.1) is 10.6 Å². The molecule has 0 aliphatic carbocycles. The molecule has 2 aromatic rings. The predicted octanol–water partition coefficient (Wildman–Crippen LogP) is 1.59. The molecule has 0 saturated carbocycles. The summed E-state index contributed by atoms with van der Waals surface area (Å²) < 4.78 is 14.4. The zero-order valence-corrected chi connectivity index (χ0v) is 10.1. The van der Waals surface area contributed by atoms with Crippen molar-refractivity contribution in [1.82, 2.24) is 15.1 Å². The zero-order chi connectivity index (χ0) is 12.3. The molecule has 2 aromatic heterocycles. The maximum Gasteiger partial charge on any atom is 0.261 e. The highest BCUT2D eigenvalue weighted by Gasteiger charge is 2.08. The van der Waals surface area contributed by atoms with Gasteiger partial charge in [-0.25, -0.2) is 0 Å². The number of nitrogens with zero attached hydrogens (tertiary/aromatic N) is 2. The Balaban J connectivity index is 1.81. The van der Waals surface area contributed by atoms with Gasteiger partial charge in [-0.3, -0.25) is 9.48 Å². The summed E-state index contributed by atoms with van der Waals surface area (Å²) in [6.07, 6.45) is 2.52. The smallest absolute Gasteiger partial charge is 0.261 e. The monoisotopic (exact) mass is 253 g/mol. The highest BCUT2D eigenvalue weighted by molar-refractivity contribution is 7.12. The third-order valence-electron chi connectivity index (χ3n) is 2.23. The van der Waals surface area contributed by atoms with Crippen LogP contribution in [0, 0.1) is 5.13 Å². The average Bonchev–Trinajstić information content (AvgIpc) is 2.88. The fourth-order valence-corrected chi connectivity index (χ4v) is 2.07. The second-order valence-electron chi connectivity index (χ2n) is 3.59. The van der Waals surface area contributed by atoms with Crippen molar-refractivity contribution in [3.05, 3.63) is 40.1 Å². The molecule has 0 fully saturated rings. The first-order chi connectivity index (χ1) is 8.15. The molecule has 1 N–H and O–H groups in total. The summed E-state index contributed by atoms with van der Waals surface area (Å²) in [5, 5.41) is 6.57. The van der Waals surface area contributed by atoms with Crippen LogP contribution in [0.3, 0.4) is 0 Å². The summed E-state index contributed by atoms with van der Waals surface area (Å²) >= 11 is 0.848. The Labute approximate surface area is 102 Å². The van der Waals surface area contributed by atoms with Gasteiger partial charge in [-0.15, -0.1) is 11.3 Å². The summed E-state index contributed by atoms with van der Waals surface area (Å²) in [7, 11) is 1.84. The lowest BCUT2D eigenvalue weighted by Gasteiger charge is -2.01. The fourth-order valence-electron chi connectivity index (χ4n) is 1.42. The first-order valence-corrected chi connectivity index (χ1v) is 5.99. The van der Waals surface area contributed by atoms with E-state index in [0.717, 1.165) is 17.0 Å². The van der Waals surface area contributed by atoms with E-state index in [1.807, 2.05) is 19.3 Å². The topological polar surface area (TPSA) is 46.9 Å². The van der Waals surface area contributed by atoms with E-state index < -0.39 is 0 Å². The standard InChI is InChI=1S/C11H12FN3OS/c1-15-7-5-8(14-15)4-6-13-11(16)9-2-3-10(12)17-9/h2-3,5,7H,4,6H2,1H3,(H,13,16). The molecular formula is C11H12FN3OS. The Hall–Kier alpha value is -1.69. The van der Waals surface area contributed by atoms with Gasteiger partial charge in [-0.1, -0.05) is 0 Å². The lowest BCUT2D eigenvalue weighted by molar-refractivity contribution is 0.0958. The summed E-state index contributed by atoms with van der Waals surface area (Å²) in [5.41, 5.74) is 0.921. The third-order valence-corrected chi connectivity index (χ3v) is 3.11. The minimum absolute atomic E-state index is 0.241. The van der Waals surface area contributed by atoms with Crippen LogP contribution < -0.4 is 5.32 Å². The van der Waals surface area contributed by atoms with Crippen molar-refractivity contribution in [3.63, 3.8) is 0 Å². The molecule has 0 radical (unpaired) electrons. The Morgan fingerprint density at radius 2 is 2.35 bits per heavy atom. The van der Waals surface area contributed by atoms with Crippen LogP contribution in [0.5, 0.6) is 0 Å². The molecule has 17 heavy (non-hydrogen) atoms. The van der Waals surface area contributed by atoms with E-state index in [2.05, 4.69) is 10.4 Å².